The lowest BCUT2D eigenvalue weighted by atomic mass is 9.66. The molecule has 0 bridgehead atoms. The fourth-order valence-electron chi connectivity index (χ4n) is 6.27. The highest BCUT2D eigenvalue weighted by Gasteiger charge is 2.33. The van der Waals surface area contributed by atoms with E-state index < -0.39 is 0 Å². The predicted octanol–water partition coefficient (Wildman–Crippen LogP) is 8.60. The average molecular weight is 403 g/mol. The van der Waals surface area contributed by atoms with Crippen LogP contribution in [0.3, 0.4) is 0 Å². The van der Waals surface area contributed by atoms with Gasteiger partial charge in [0.1, 0.15) is 5.82 Å². The molecular weight excluding hydrogens is 367 g/mol. The van der Waals surface area contributed by atoms with E-state index in [1.807, 2.05) is 12.1 Å². The molecule has 2 saturated carbocycles. The van der Waals surface area contributed by atoms with Crippen LogP contribution in [0.2, 0.25) is 5.02 Å². The van der Waals surface area contributed by atoms with Gasteiger partial charge in [-0.15, -0.1) is 0 Å². The lowest BCUT2D eigenvalue weighted by molar-refractivity contribution is 0.125. The van der Waals surface area contributed by atoms with Gasteiger partial charge in [-0.2, -0.15) is 0 Å². The Hall–Kier alpha value is -0.820. The molecule has 1 unspecified atom stereocenters. The quantitative estimate of drug-likeness (QED) is 0.474. The summed E-state index contributed by atoms with van der Waals surface area (Å²) >= 11 is 6.30. The van der Waals surface area contributed by atoms with Crippen LogP contribution in [0, 0.1) is 42.3 Å². The molecule has 154 valence electrons. The number of halogens is 2. The first-order chi connectivity index (χ1) is 13.5. The Morgan fingerprint density at radius 3 is 1.96 bits per heavy atom. The van der Waals surface area contributed by atoms with Crippen molar-refractivity contribution in [3.63, 3.8) is 0 Å². The smallest absolute Gasteiger partial charge is 0.145 e. The van der Waals surface area contributed by atoms with E-state index in [2.05, 4.69) is 13.0 Å². The summed E-state index contributed by atoms with van der Waals surface area (Å²) in [6.45, 7) is 4.21. The second-order valence-corrected chi connectivity index (χ2v) is 10.4. The summed E-state index contributed by atoms with van der Waals surface area (Å²) in [7, 11) is 0. The molecule has 28 heavy (non-hydrogen) atoms. The van der Waals surface area contributed by atoms with Gasteiger partial charge in [-0.05, 0) is 111 Å². The molecule has 2 heteroatoms. The van der Waals surface area contributed by atoms with Crippen LogP contribution in [0.1, 0.15) is 88.7 Å². The van der Waals surface area contributed by atoms with E-state index in [0.717, 1.165) is 48.0 Å². The summed E-state index contributed by atoms with van der Waals surface area (Å²) in [6.07, 6.45) is 17.5. The Bertz CT molecular complexity index is 705. The lowest BCUT2D eigenvalue weighted by Gasteiger charge is -2.40. The molecule has 4 rings (SSSR count). The molecule has 0 aromatic heterocycles. The number of benzene rings is 1. The molecule has 3 aliphatic rings. The molecule has 3 aliphatic carbocycles. The molecule has 0 amide bonds. The van der Waals surface area contributed by atoms with Crippen LogP contribution in [0.15, 0.2) is 18.2 Å². The minimum Gasteiger partial charge on any atom is -0.205 e. The first kappa shape index (κ1) is 20.5. The molecule has 0 saturated heterocycles. The zero-order chi connectivity index (χ0) is 19.7. The van der Waals surface area contributed by atoms with Gasteiger partial charge < -0.3 is 0 Å². The summed E-state index contributed by atoms with van der Waals surface area (Å²) in [4.78, 5) is 0. The Balaban J connectivity index is 1.32. The fraction of sp³-hybridized carbons (Fsp3) is 0.692. The fourth-order valence-corrected chi connectivity index (χ4v) is 6.60. The largest absolute Gasteiger partial charge is 0.205 e. The van der Waals surface area contributed by atoms with E-state index >= 15 is 0 Å². The third-order valence-corrected chi connectivity index (χ3v) is 8.65. The lowest BCUT2D eigenvalue weighted by Crippen LogP contribution is -2.28. The SMILES string of the molecule is Cc1ccc(C2=CCC(C3CCC(C4CCC(C)CC4)CC3)CC2)c(Cl)c1F. The standard InChI is InChI=1S/C26H36ClF/c1-17-3-6-19(7-4-17)20-8-10-21(11-9-20)22-12-14-23(15-13-22)24-16-5-18(2)26(28)25(24)27/h5,14,16-17,19-22H,3-4,6-13,15H2,1-2H3. The Labute approximate surface area is 175 Å². The van der Waals surface area contributed by atoms with Crippen molar-refractivity contribution < 1.29 is 4.39 Å². The van der Waals surface area contributed by atoms with E-state index in [9.17, 15) is 4.39 Å². The third-order valence-electron chi connectivity index (χ3n) is 8.28. The molecule has 1 atom stereocenters. The third kappa shape index (κ3) is 4.35. The van der Waals surface area contributed by atoms with Gasteiger partial charge in [0.05, 0.1) is 5.02 Å². The molecule has 0 radical (unpaired) electrons. The van der Waals surface area contributed by atoms with E-state index in [0.29, 0.717) is 10.6 Å². The van der Waals surface area contributed by atoms with Crippen LogP contribution in [-0.2, 0) is 0 Å². The molecule has 0 heterocycles. The maximum atomic E-state index is 14.2. The summed E-state index contributed by atoms with van der Waals surface area (Å²) in [6, 6.07) is 3.86. The summed E-state index contributed by atoms with van der Waals surface area (Å²) < 4.78 is 14.2. The van der Waals surface area contributed by atoms with E-state index in [1.165, 1.54) is 63.4 Å². The number of allylic oxidation sites excluding steroid dienone is 2. The normalized spacial score (nSPS) is 34.1. The highest BCUT2D eigenvalue weighted by atomic mass is 35.5. The number of hydrogen-bond donors (Lipinski definition) is 0. The maximum absolute atomic E-state index is 14.2. The molecule has 2 fully saturated rings. The van der Waals surface area contributed by atoms with Crippen LogP contribution >= 0.6 is 11.6 Å². The number of rotatable bonds is 3. The van der Waals surface area contributed by atoms with Crippen LogP contribution in [-0.4, -0.2) is 0 Å². The van der Waals surface area contributed by atoms with Crippen LogP contribution in [0.4, 0.5) is 4.39 Å². The average Bonchev–Trinajstić information content (AvgIpc) is 2.73. The van der Waals surface area contributed by atoms with Crippen molar-refractivity contribution in [2.45, 2.75) is 84.5 Å². The van der Waals surface area contributed by atoms with Crippen LogP contribution in [0.5, 0.6) is 0 Å². The number of aryl methyl sites for hydroxylation is 1. The van der Waals surface area contributed by atoms with E-state index in [1.54, 1.807) is 6.92 Å². The van der Waals surface area contributed by atoms with Gasteiger partial charge in [0, 0.05) is 0 Å². The van der Waals surface area contributed by atoms with Crippen molar-refractivity contribution in [3.05, 3.63) is 40.2 Å². The molecule has 1 aromatic rings. The van der Waals surface area contributed by atoms with Crippen molar-refractivity contribution >= 4 is 17.2 Å². The minimum absolute atomic E-state index is 0.252. The Kier molecular flexibility index (Phi) is 6.50. The highest BCUT2D eigenvalue weighted by Crippen LogP contribution is 2.46. The topological polar surface area (TPSA) is 0 Å². The van der Waals surface area contributed by atoms with Crippen molar-refractivity contribution in [2.24, 2.45) is 29.6 Å². The Morgan fingerprint density at radius 1 is 0.821 bits per heavy atom. The summed E-state index contributed by atoms with van der Waals surface area (Å²) in [5, 5.41) is 0.312. The molecule has 0 aliphatic heterocycles. The molecule has 0 nitrogen and oxygen atoms in total. The Morgan fingerprint density at radius 2 is 1.39 bits per heavy atom. The first-order valence-corrected chi connectivity index (χ1v) is 12.0. The first-order valence-electron chi connectivity index (χ1n) is 11.7. The minimum atomic E-state index is -0.252. The van der Waals surface area contributed by atoms with Crippen molar-refractivity contribution in [3.8, 4) is 0 Å². The van der Waals surface area contributed by atoms with Crippen LogP contribution in [0.25, 0.3) is 5.57 Å². The second kappa shape index (κ2) is 8.90. The monoisotopic (exact) mass is 402 g/mol. The molecule has 1 aromatic carbocycles. The maximum Gasteiger partial charge on any atom is 0.145 e. The molecular formula is C26H36ClF. The van der Waals surface area contributed by atoms with Gasteiger partial charge >= 0.3 is 0 Å². The molecule has 0 spiro atoms. The van der Waals surface area contributed by atoms with Gasteiger partial charge in [0.15, 0.2) is 0 Å². The zero-order valence-corrected chi connectivity index (χ0v) is 18.4. The van der Waals surface area contributed by atoms with Gasteiger partial charge in [-0.25, -0.2) is 4.39 Å². The van der Waals surface area contributed by atoms with Crippen molar-refractivity contribution in [1.29, 1.82) is 0 Å². The molecule has 0 N–H and O–H groups in total. The number of hydrogen-bond acceptors (Lipinski definition) is 0. The summed E-state index contributed by atoms with van der Waals surface area (Å²) in [5.74, 6) is 4.47. The van der Waals surface area contributed by atoms with Gasteiger partial charge in [0.25, 0.3) is 0 Å². The predicted molar refractivity (Wildman–Crippen MR) is 118 cm³/mol. The van der Waals surface area contributed by atoms with Crippen molar-refractivity contribution in [1.82, 2.24) is 0 Å². The van der Waals surface area contributed by atoms with Crippen molar-refractivity contribution in [2.75, 3.05) is 0 Å². The van der Waals surface area contributed by atoms with Crippen LogP contribution < -0.4 is 0 Å². The summed E-state index contributed by atoms with van der Waals surface area (Å²) in [5.41, 5.74) is 2.80. The van der Waals surface area contributed by atoms with E-state index in [4.69, 9.17) is 11.6 Å². The van der Waals surface area contributed by atoms with Gasteiger partial charge in [-0.3, -0.25) is 0 Å². The van der Waals surface area contributed by atoms with E-state index in [-0.39, 0.29) is 5.82 Å². The second-order valence-electron chi connectivity index (χ2n) is 10.0. The zero-order valence-electron chi connectivity index (χ0n) is 17.7. The highest BCUT2D eigenvalue weighted by molar-refractivity contribution is 6.32. The van der Waals surface area contributed by atoms with Gasteiger partial charge in [0.2, 0.25) is 0 Å². The van der Waals surface area contributed by atoms with Gasteiger partial charge in [-0.1, -0.05) is 49.6 Å².